The Balaban J connectivity index is 2.85. The molecule has 0 bridgehead atoms. The summed E-state index contributed by atoms with van der Waals surface area (Å²) in [5.74, 6) is 0. The van der Waals surface area contributed by atoms with Crippen molar-refractivity contribution in [3.8, 4) is 6.07 Å². The van der Waals surface area contributed by atoms with E-state index in [1.165, 1.54) is 0 Å². The summed E-state index contributed by atoms with van der Waals surface area (Å²) in [7, 11) is 0. The third kappa shape index (κ3) is 1.17. The first-order valence-electron chi connectivity index (χ1n) is 4.07. The van der Waals surface area contributed by atoms with Gasteiger partial charge in [0.05, 0.1) is 11.3 Å². The van der Waals surface area contributed by atoms with E-state index in [0.29, 0.717) is 5.56 Å². The van der Waals surface area contributed by atoms with Crippen LogP contribution in [-0.2, 0) is 0 Å². The van der Waals surface area contributed by atoms with Crippen molar-refractivity contribution in [3.05, 3.63) is 35.3 Å². The molecule has 0 aliphatic rings. The molecule has 0 spiro atoms. The number of nitriles is 1. The first kappa shape index (κ1) is 7.81. The minimum atomic E-state index is 0.669. The van der Waals surface area contributed by atoms with Crippen LogP contribution < -0.4 is 0 Å². The molecule has 0 N–H and O–H groups in total. The van der Waals surface area contributed by atoms with Crippen molar-refractivity contribution in [2.45, 2.75) is 13.8 Å². The maximum Gasteiger partial charge on any atom is 0.139 e. The molecule has 0 fully saturated rings. The minimum absolute atomic E-state index is 0.669. The van der Waals surface area contributed by atoms with Crippen molar-refractivity contribution in [3.63, 3.8) is 0 Å². The fourth-order valence-electron chi connectivity index (χ4n) is 1.45. The molecule has 2 aromatic heterocycles. The lowest BCUT2D eigenvalue weighted by molar-refractivity contribution is 1.15. The molecule has 0 aromatic carbocycles. The number of imidazole rings is 1. The number of hydrogen-bond acceptors (Lipinski definition) is 2. The Kier molecular flexibility index (Phi) is 1.56. The highest BCUT2D eigenvalue weighted by Crippen LogP contribution is 2.11. The fraction of sp³-hybridized carbons (Fsp3) is 0.200. The van der Waals surface area contributed by atoms with Crippen LogP contribution in [0.15, 0.2) is 18.5 Å². The Labute approximate surface area is 76.3 Å². The van der Waals surface area contributed by atoms with E-state index in [4.69, 9.17) is 5.26 Å². The van der Waals surface area contributed by atoms with Crippen molar-refractivity contribution in [1.82, 2.24) is 9.38 Å². The third-order valence-electron chi connectivity index (χ3n) is 1.98. The van der Waals surface area contributed by atoms with Crippen LogP contribution in [0.3, 0.4) is 0 Å². The molecule has 2 heterocycles. The number of fused-ring (bicyclic) bond motifs is 1. The summed E-state index contributed by atoms with van der Waals surface area (Å²) in [4.78, 5) is 4.34. The minimum Gasteiger partial charge on any atom is -0.305 e. The van der Waals surface area contributed by atoms with Crippen molar-refractivity contribution in [1.29, 1.82) is 5.26 Å². The lowest BCUT2D eigenvalue weighted by Crippen LogP contribution is -1.88. The zero-order valence-electron chi connectivity index (χ0n) is 7.57. The van der Waals surface area contributed by atoms with E-state index < -0.39 is 0 Å². The molecule has 13 heavy (non-hydrogen) atoms. The van der Waals surface area contributed by atoms with E-state index >= 15 is 0 Å². The molecule has 0 radical (unpaired) electrons. The largest absolute Gasteiger partial charge is 0.305 e. The predicted octanol–water partition coefficient (Wildman–Crippen LogP) is 1.82. The molecule has 2 rings (SSSR count). The van der Waals surface area contributed by atoms with Crippen LogP contribution in [0.4, 0.5) is 0 Å². The summed E-state index contributed by atoms with van der Waals surface area (Å²) in [6.07, 6.45) is 3.71. The second-order valence-corrected chi connectivity index (χ2v) is 3.14. The molecule has 3 heteroatoms. The smallest absolute Gasteiger partial charge is 0.139 e. The van der Waals surface area contributed by atoms with E-state index in [0.717, 1.165) is 16.9 Å². The number of pyridine rings is 1. The molecule has 0 atom stereocenters. The van der Waals surface area contributed by atoms with E-state index in [-0.39, 0.29) is 0 Å². The highest BCUT2D eigenvalue weighted by Gasteiger charge is 2.02. The third-order valence-corrected chi connectivity index (χ3v) is 1.98. The SMILES string of the molecule is Cc1cn2cc(C#N)cc(C)c2n1. The quantitative estimate of drug-likeness (QED) is 0.606. The predicted molar refractivity (Wildman–Crippen MR) is 49.4 cm³/mol. The maximum absolute atomic E-state index is 8.74. The molecule has 0 aliphatic carbocycles. The van der Waals surface area contributed by atoms with Gasteiger partial charge < -0.3 is 4.40 Å². The molecule has 2 aromatic rings. The summed E-state index contributed by atoms with van der Waals surface area (Å²) >= 11 is 0. The zero-order chi connectivity index (χ0) is 9.42. The Morgan fingerprint density at radius 1 is 1.38 bits per heavy atom. The van der Waals surface area contributed by atoms with Gasteiger partial charge in [-0.25, -0.2) is 4.98 Å². The van der Waals surface area contributed by atoms with Crippen LogP contribution in [0, 0.1) is 25.2 Å². The summed E-state index contributed by atoms with van der Waals surface area (Å²) in [6, 6.07) is 3.97. The Morgan fingerprint density at radius 3 is 2.85 bits per heavy atom. The molecule has 0 unspecified atom stereocenters. The normalized spacial score (nSPS) is 10.2. The summed E-state index contributed by atoms with van der Waals surface area (Å²) in [5, 5.41) is 8.74. The molecule has 0 saturated heterocycles. The number of aromatic nitrogens is 2. The van der Waals surface area contributed by atoms with Crippen LogP contribution in [0.25, 0.3) is 5.65 Å². The van der Waals surface area contributed by atoms with E-state index in [9.17, 15) is 0 Å². The number of rotatable bonds is 0. The topological polar surface area (TPSA) is 41.1 Å². The molecular weight excluding hydrogens is 162 g/mol. The van der Waals surface area contributed by atoms with Gasteiger partial charge in [0, 0.05) is 12.4 Å². The van der Waals surface area contributed by atoms with Crippen molar-refractivity contribution < 1.29 is 0 Å². The van der Waals surface area contributed by atoms with Gasteiger partial charge in [0.1, 0.15) is 11.7 Å². The van der Waals surface area contributed by atoms with Crippen molar-refractivity contribution >= 4 is 5.65 Å². The molecule has 0 aliphatic heterocycles. The molecule has 64 valence electrons. The second kappa shape index (κ2) is 2.60. The molecular formula is C10H9N3. The molecule has 3 nitrogen and oxygen atoms in total. The number of nitrogens with zero attached hydrogens (tertiary/aromatic N) is 3. The standard InChI is InChI=1S/C10H9N3/c1-7-3-9(4-11)6-13-5-8(2)12-10(7)13/h3,5-6H,1-2H3. The van der Waals surface area contributed by atoms with Crippen LogP contribution in [0.2, 0.25) is 0 Å². The van der Waals surface area contributed by atoms with Gasteiger partial charge >= 0.3 is 0 Å². The van der Waals surface area contributed by atoms with Gasteiger partial charge in [-0.15, -0.1) is 0 Å². The van der Waals surface area contributed by atoms with E-state index in [1.807, 2.05) is 30.5 Å². The highest BCUT2D eigenvalue weighted by atomic mass is 15.0. The van der Waals surface area contributed by atoms with Crippen molar-refractivity contribution in [2.24, 2.45) is 0 Å². The van der Waals surface area contributed by atoms with Gasteiger partial charge in [-0.2, -0.15) is 5.26 Å². The van der Waals surface area contributed by atoms with E-state index in [1.54, 1.807) is 6.20 Å². The monoisotopic (exact) mass is 171 g/mol. The van der Waals surface area contributed by atoms with Crippen LogP contribution in [0.1, 0.15) is 16.8 Å². The lowest BCUT2D eigenvalue weighted by atomic mass is 10.2. The average molecular weight is 171 g/mol. The average Bonchev–Trinajstić information content (AvgIpc) is 2.46. The second-order valence-electron chi connectivity index (χ2n) is 3.14. The maximum atomic E-state index is 8.74. The molecule has 0 saturated carbocycles. The van der Waals surface area contributed by atoms with Crippen LogP contribution in [-0.4, -0.2) is 9.38 Å². The van der Waals surface area contributed by atoms with Gasteiger partial charge in [0.25, 0.3) is 0 Å². The Morgan fingerprint density at radius 2 is 2.15 bits per heavy atom. The van der Waals surface area contributed by atoms with Crippen LogP contribution >= 0.6 is 0 Å². The first-order valence-corrected chi connectivity index (χ1v) is 4.07. The highest BCUT2D eigenvalue weighted by molar-refractivity contribution is 5.51. The number of hydrogen-bond donors (Lipinski definition) is 0. The van der Waals surface area contributed by atoms with E-state index in [2.05, 4.69) is 11.1 Å². The van der Waals surface area contributed by atoms with Crippen molar-refractivity contribution in [2.75, 3.05) is 0 Å². The summed E-state index contributed by atoms with van der Waals surface area (Å²) in [6.45, 7) is 3.90. The summed E-state index contributed by atoms with van der Waals surface area (Å²) < 4.78 is 1.89. The Hall–Kier alpha value is -1.82. The number of aryl methyl sites for hydroxylation is 2. The molecule has 0 amide bonds. The first-order chi connectivity index (χ1) is 6.20. The summed E-state index contributed by atoms with van der Waals surface area (Å²) in [5.41, 5.74) is 3.60. The lowest BCUT2D eigenvalue weighted by Gasteiger charge is -1.97. The van der Waals surface area contributed by atoms with Gasteiger partial charge in [-0.3, -0.25) is 0 Å². The van der Waals surface area contributed by atoms with Gasteiger partial charge in [-0.1, -0.05) is 0 Å². The van der Waals surface area contributed by atoms with Gasteiger partial charge in [0.15, 0.2) is 0 Å². The van der Waals surface area contributed by atoms with Crippen LogP contribution in [0.5, 0.6) is 0 Å². The van der Waals surface area contributed by atoms with Gasteiger partial charge in [-0.05, 0) is 25.5 Å². The van der Waals surface area contributed by atoms with Gasteiger partial charge in [0.2, 0.25) is 0 Å². The fourth-order valence-corrected chi connectivity index (χ4v) is 1.45. The Bertz CT molecular complexity index is 503. The zero-order valence-corrected chi connectivity index (χ0v) is 7.57.